The fourth-order valence-corrected chi connectivity index (χ4v) is 1.43. The molecule has 0 bridgehead atoms. The molecule has 3 nitrogen and oxygen atoms in total. The normalized spacial score (nSPS) is 15.2. The SMILES string of the molecule is N#Cc1ccc(C2=NCCCN2)cc1. The van der Waals surface area contributed by atoms with E-state index in [9.17, 15) is 0 Å². The smallest absolute Gasteiger partial charge is 0.128 e. The summed E-state index contributed by atoms with van der Waals surface area (Å²) in [6.45, 7) is 1.88. The third-order valence-corrected chi connectivity index (χ3v) is 2.18. The van der Waals surface area contributed by atoms with Crippen LogP contribution in [0.1, 0.15) is 17.5 Å². The molecular formula is C11H11N3. The van der Waals surface area contributed by atoms with Gasteiger partial charge in [-0.25, -0.2) is 0 Å². The zero-order valence-corrected chi connectivity index (χ0v) is 7.83. The van der Waals surface area contributed by atoms with Crippen LogP contribution < -0.4 is 5.32 Å². The second kappa shape index (κ2) is 3.93. The molecule has 0 unspecified atom stereocenters. The first-order chi connectivity index (χ1) is 6.90. The molecule has 0 aliphatic carbocycles. The van der Waals surface area contributed by atoms with Crippen molar-refractivity contribution < 1.29 is 0 Å². The maximum absolute atomic E-state index is 8.64. The van der Waals surface area contributed by atoms with Crippen molar-refractivity contribution in [2.45, 2.75) is 6.42 Å². The lowest BCUT2D eigenvalue weighted by Gasteiger charge is -2.14. The topological polar surface area (TPSA) is 48.2 Å². The Balaban J connectivity index is 2.25. The van der Waals surface area contributed by atoms with Crippen molar-refractivity contribution >= 4 is 5.84 Å². The molecule has 0 fully saturated rings. The maximum Gasteiger partial charge on any atom is 0.128 e. The summed E-state index contributed by atoms with van der Waals surface area (Å²) in [5.41, 5.74) is 1.74. The molecule has 70 valence electrons. The number of rotatable bonds is 1. The molecule has 0 radical (unpaired) electrons. The summed E-state index contributed by atoms with van der Waals surface area (Å²) in [6.07, 6.45) is 1.10. The van der Waals surface area contributed by atoms with Crippen molar-refractivity contribution in [3.63, 3.8) is 0 Å². The Morgan fingerprint density at radius 1 is 1.29 bits per heavy atom. The highest BCUT2D eigenvalue weighted by atomic mass is 15.0. The Kier molecular flexibility index (Phi) is 2.46. The minimum Gasteiger partial charge on any atom is -0.370 e. The van der Waals surface area contributed by atoms with Crippen LogP contribution in [-0.2, 0) is 0 Å². The molecule has 3 heteroatoms. The second-order valence-corrected chi connectivity index (χ2v) is 3.20. The second-order valence-electron chi connectivity index (χ2n) is 3.20. The fourth-order valence-electron chi connectivity index (χ4n) is 1.43. The molecule has 14 heavy (non-hydrogen) atoms. The van der Waals surface area contributed by atoms with Crippen molar-refractivity contribution in [1.82, 2.24) is 5.32 Å². The van der Waals surface area contributed by atoms with E-state index >= 15 is 0 Å². The summed E-state index contributed by atoms with van der Waals surface area (Å²) in [7, 11) is 0. The molecule has 0 atom stereocenters. The average Bonchev–Trinajstić information content (AvgIpc) is 2.30. The lowest BCUT2D eigenvalue weighted by atomic mass is 10.1. The number of hydrogen-bond acceptors (Lipinski definition) is 3. The van der Waals surface area contributed by atoms with Crippen LogP contribution >= 0.6 is 0 Å². The molecule has 0 aromatic heterocycles. The molecule has 1 heterocycles. The van der Waals surface area contributed by atoms with Gasteiger partial charge in [-0.05, 0) is 30.7 Å². The van der Waals surface area contributed by atoms with Crippen molar-refractivity contribution in [3.05, 3.63) is 35.4 Å². The van der Waals surface area contributed by atoms with Gasteiger partial charge in [0, 0.05) is 18.7 Å². The molecule has 0 saturated heterocycles. The zero-order chi connectivity index (χ0) is 9.80. The van der Waals surface area contributed by atoms with Crippen LogP contribution in [0.5, 0.6) is 0 Å². The van der Waals surface area contributed by atoms with Gasteiger partial charge in [-0.2, -0.15) is 5.26 Å². The summed E-state index contributed by atoms with van der Waals surface area (Å²) in [5.74, 6) is 0.945. The van der Waals surface area contributed by atoms with Gasteiger partial charge in [0.2, 0.25) is 0 Å². The van der Waals surface area contributed by atoms with Crippen LogP contribution in [-0.4, -0.2) is 18.9 Å². The quantitative estimate of drug-likeness (QED) is 0.716. The van der Waals surface area contributed by atoms with E-state index in [0.717, 1.165) is 30.9 Å². The van der Waals surface area contributed by atoms with Gasteiger partial charge < -0.3 is 5.32 Å². The molecule has 1 aromatic carbocycles. The Labute approximate surface area is 83.1 Å². The fraction of sp³-hybridized carbons (Fsp3) is 0.273. The van der Waals surface area contributed by atoms with Crippen LogP contribution in [0.3, 0.4) is 0 Å². The summed E-state index contributed by atoms with van der Waals surface area (Å²) in [4.78, 5) is 4.38. The van der Waals surface area contributed by atoms with E-state index in [4.69, 9.17) is 5.26 Å². The van der Waals surface area contributed by atoms with Gasteiger partial charge >= 0.3 is 0 Å². The molecule has 1 aliphatic rings. The Morgan fingerprint density at radius 3 is 2.64 bits per heavy atom. The lowest BCUT2D eigenvalue weighted by molar-refractivity contribution is 0.742. The van der Waals surface area contributed by atoms with Crippen molar-refractivity contribution in [2.24, 2.45) is 4.99 Å². The number of aliphatic imine (C=N–C) groups is 1. The monoisotopic (exact) mass is 185 g/mol. The molecule has 2 rings (SSSR count). The number of nitrogens with one attached hydrogen (secondary N) is 1. The third kappa shape index (κ3) is 1.74. The van der Waals surface area contributed by atoms with Gasteiger partial charge in [0.15, 0.2) is 0 Å². The molecule has 0 spiro atoms. The Morgan fingerprint density at radius 2 is 2.07 bits per heavy atom. The van der Waals surface area contributed by atoms with Crippen LogP contribution in [0, 0.1) is 11.3 Å². The molecule has 1 aromatic rings. The predicted octanol–water partition coefficient (Wildman–Crippen LogP) is 1.30. The first-order valence-corrected chi connectivity index (χ1v) is 4.69. The Hall–Kier alpha value is -1.82. The Bertz CT molecular complexity index is 384. The van der Waals surface area contributed by atoms with Crippen LogP contribution in [0.15, 0.2) is 29.3 Å². The van der Waals surface area contributed by atoms with Gasteiger partial charge in [-0.3, -0.25) is 4.99 Å². The van der Waals surface area contributed by atoms with E-state index in [1.165, 1.54) is 0 Å². The summed E-state index contributed by atoms with van der Waals surface area (Å²) in [6, 6.07) is 9.58. The van der Waals surface area contributed by atoms with E-state index in [2.05, 4.69) is 16.4 Å². The van der Waals surface area contributed by atoms with Gasteiger partial charge in [-0.15, -0.1) is 0 Å². The third-order valence-electron chi connectivity index (χ3n) is 2.18. The van der Waals surface area contributed by atoms with E-state index in [0.29, 0.717) is 5.56 Å². The minimum absolute atomic E-state index is 0.685. The first kappa shape index (κ1) is 8.76. The van der Waals surface area contributed by atoms with Crippen LogP contribution in [0.25, 0.3) is 0 Å². The molecule has 1 aliphatic heterocycles. The van der Waals surface area contributed by atoms with Crippen molar-refractivity contribution in [2.75, 3.05) is 13.1 Å². The van der Waals surface area contributed by atoms with Crippen LogP contribution in [0.2, 0.25) is 0 Å². The van der Waals surface area contributed by atoms with E-state index in [1.54, 1.807) is 0 Å². The number of hydrogen-bond donors (Lipinski definition) is 1. The molecule has 0 saturated carbocycles. The first-order valence-electron chi connectivity index (χ1n) is 4.69. The van der Waals surface area contributed by atoms with Crippen molar-refractivity contribution in [1.29, 1.82) is 5.26 Å². The number of nitriles is 1. The van der Waals surface area contributed by atoms with Gasteiger partial charge in [0.1, 0.15) is 5.84 Å². The molecule has 0 amide bonds. The van der Waals surface area contributed by atoms with E-state index in [1.807, 2.05) is 24.3 Å². The number of benzene rings is 1. The zero-order valence-electron chi connectivity index (χ0n) is 7.83. The highest BCUT2D eigenvalue weighted by molar-refractivity contribution is 5.99. The molecule has 1 N–H and O–H groups in total. The van der Waals surface area contributed by atoms with Gasteiger partial charge in [0.05, 0.1) is 11.6 Å². The highest BCUT2D eigenvalue weighted by Gasteiger charge is 2.05. The largest absolute Gasteiger partial charge is 0.370 e. The van der Waals surface area contributed by atoms with Gasteiger partial charge in [-0.1, -0.05) is 0 Å². The number of amidine groups is 1. The average molecular weight is 185 g/mol. The summed E-state index contributed by atoms with van der Waals surface area (Å²) < 4.78 is 0. The van der Waals surface area contributed by atoms with Crippen molar-refractivity contribution in [3.8, 4) is 6.07 Å². The summed E-state index contributed by atoms with van der Waals surface area (Å²) >= 11 is 0. The standard InChI is InChI=1S/C11H11N3/c12-8-9-2-4-10(5-3-9)11-13-6-1-7-14-11/h2-5H,1,6-7H2,(H,13,14). The number of nitrogens with zero attached hydrogens (tertiary/aromatic N) is 2. The predicted molar refractivity (Wildman–Crippen MR) is 55.2 cm³/mol. The van der Waals surface area contributed by atoms with Gasteiger partial charge in [0.25, 0.3) is 0 Å². The highest BCUT2D eigenvalue weighted by Crippen LogP contribution is 2.05. The summed E-state index contributed by atoms with van der Waals surface area (Å²) in [5, 5.41) is 11.9. The lowest BCUT2D eigenvalue weighted by Crippen LogP contribution is -2.30. The minimum atomic E-state index is 0.685. The van der Waals surface area contributed by atoms with E-state index in [-0.39, 0.29) is 0 Å². The molecular weight excluding hydrogens is 174 g/mol. The van der Waals surface area contributed by atoms with E-state index < -0.39 is 0 Å². The maximum atomic E-state index is 8.64. The van der Waals surface area contributed by atoms with Crippen LogP contribution in [0.4, 0.5) is 0 Å².